The van der Waals surface area contributed by atoms with Crippen molar-refractivity contribution < 1.29 is 0 Å². The van der Waals surface area contributed by atoms with E-state index in [0.29, 0.717) is 5.92 Å². The molecule has 2 heteroatoms. The number of hydrogen-bond acceptors (Lipinski definition) is 2. The molecule has 0 atom stereocenters. The lowest BCUT2D eigenvalue weighted by Crippen LogP contribution is -1.90. The number of hydrogen-bond donors (Lipinski definition) is 0. The summed E-state index contributed by atoms with van der Waals surface area (Å²) in [5, 5.41) is 3.29. The first-order chi connectivity index (χ1) is 2.81. The summed E-state index contributed by atoms with van der Waals surface area (Å²) >= 11 is 9.10. The summed E-state index contributed by atoms with van der Waals surface area (Å²) in [6.07, 6.45) is 0. The topological polar surface area (TPSA) is 0 Å². The quantitative estimate of drug-likeness (QED) is 0.505. The van der Waals surface area contributed by atoms with Crippen LogP contribution in [0.25, 0.3) is 0 Å². The highest BCUT2D eigenvalue weighted by Crippen LogP contribution is 1.81. The maximum atomic E-state index is 4.55. The third-order valence-electron chi connectivity index (χ3n) is 0.429. The summed E-state index contributed by atoms with van der Waals surface area (Å²) < 4.78 is 0. The smallest absolute Gasteiger partial charge is 0.0128 e. The molecule has 0 spiro atoms. The molecule has 0 rings (SSSR count). The third kappa shape index (κ3) is 2.42. The van der Waals surface area contributed by atoms with Gasteiger partial charge in [0.1, 0.15) is 0 Å². The van der Waals surface area contributed by atoms with Crippen molar-refractivity contribution in [2.24, 2.45) is 5.92 Å². The normalized spacial score (nSPS) is 8.33. The predicted molar refractivity (Wildman–Crippen MR) is 36.5 cm³/mol. The zero-order chi connectivity index (χ0) is 4.99. The van der Waals surface area contributed by atoms with Crippen molar-refractivity contribution in [2.75, 3.05) is 0 Å². The van der Waals surface area contributed by atoms with Crippen LogP contribution in [0, 0.1) is 5.92 Å². The summed E-state index contributed by atoms with van der Waals surface area (Å²) in [5.41, 5.74) is 0. The largest absolute Gasteiger partial charge is 0.0928 e. The van der Waals surface area contributed by atoms with Gasteiger partial charge in [-0.15, -0.1) is 0 Å². The molecule has 0 unspecified atom stereocenters. The maximum absolute atomic E-state index is 4.55. The van der Waals surface area contributed by atoms with Gasteiger partial charge in [0.25, 0.3) is 0 Å². The standard InChI is InChI=1S/C4H6S2/c1-4(2-5)3-6/h2-4H,1H3. The minimum absolute atomic E-state index is 0.315. The van der Waals surface area contributed by atoms with Crippen molar-refractivity contribution in [3.63, 3.8) is 0 Å². The summed E-state index contributed by atoms with van der Waals surface area (Å²) in [6, 6.07) is 0. The van der Waals surface area contributed by atoms with Crippen molar-refractivity contribution in [1.82, 2.24) is 0 Å². The Morgan fingerprint density at radius 1 is 1.33 bits per heavy atom. The van der Waals surface area contributed by atoms with E-state index >= 15 is 0 Å². The molecule has 0 fully saturated rings. The highest BCUT2D eigenvalue weighted by atomic mass is 32.1. The van der Waals surface area contributed by atoms with Crippen LogP contribution >= 0.6 is 24.4 Å². The Kier molecular flexibility index (Phi) is 3.47. The van der Waals surface area contributed by atoms with Crippen LogP contribution in [-0.2, 0) is 0 Å². The molecule has 6 heavy (non-hydrogen) atoms. The van der Waals surface area contributed by atoms with Crippen LogP contribution < -0.4 is 0 Å². The summed E-state index contributed by atoms with van der Waals surface area (Å²) in [4.78, 5) is 0. The molecule has 0 heterocycles. The van der Waals surface area contributed by atoms with Crippen LogP contribution in [0.15, 0.2) is 0 Å². The molecule has 0 radical (unpaired) electrons. The van der Waals surface area contributed by atoms with Gasteiger partial charge < -0.3 is 0 Å². The van der Waals surface area contributed by atoms with Gasteiger partial charge in [0.05, 0.1) is 0 Å². The Balaban J connectivity index is 3.21. The van der Waals surface area contributed by atoms with Gasteiger partial charge >= 0.3 is 0 Å². The zero-order valence-electron chi connectivity index (χ0n) is 3.55. The SMILES string of the molecule is CC(C=S)C=S. The van der Waals surface area contributed by atoms with Gasteiger partial charge in [-0.3, -0.25) is 0 Å². The molecular weight excluding hydrogens is 112 g/mol. The second kappa shape index (κ2) is 3.37. The Morgan fingerprint density at radius 2 is 1.67 bits per heavy atom. The van der Waals surface area contributed by atoms with E-state index < -0.39 is 0 Å². The van der Waals surface area contributed by atoms with Crippen molar-refractivity contribution in [1.29, 1.82) is 0 Å². The van der Waals surface area contributed by atoms with Gasteiger partial charge in [0.15, 0.2) is 0 Å². The van der Waals surface area contributed by atoms with Gasteiger partial charge in [-0.25, -0.2) is 0 Å². The van der Waals surface area contributed by atoms with E-state index in [2.05, 4.69) is 24.4 Å². The molecule has 0 saturated heterocycles. The van der Waals surface area contributed by atoms with E-state index in [1.807, 2.05) is 6.92 Å². The van der Waals surface area contributed by atoms with Gasteiger partial charge in [-0.2, -0.15) is 0 Å². The lowest BCUT2D eigenvalue weighted by Gasteiger charge is -1.84. The fourth-order valence-corrected chi connectivity index (χ4v) is 0.289. The van der Waals surface area contributed by atoms with Crippen molar-refractivity contribution in [3.05, 3.63) is 0 Å². The van der Waals surface area contributed by atoms with Gasteiger partial charge in [-0.1, -0.05) is 31.4 Å². The molecular formula is C4H6S2. The highest BCUT2D eigenvalue weighted by molar-refractivity contribution is 7.80. The van der Waals surface area contributed by atoms with E-state index in [0.717, 1.165) is 0 Å². The molecule has 0 aromatic carbocycles. The van der Waals surface area contributed by atoms with E-state index in [-0.39, 0.29) is 0 Å². The third-order valence-corrected chi connectivity index (χ3v) is 1.29. The molecule has 0 aromatic rings. The fraction of sp³-hybridized carbons (Fsp3) is 0.500. The Morgan fingerprint density at radius 3 is 1.67 bits per heavy atom. The molecule has 0 bridgehead atoms. The summed E-state index contributed by atoms with van der Waals surface area (Å²) in [5.74, 6) is 0.315. The first kappa shape index (κ1) is 6.18. The van der Waals surface area contributed by atoms with Gasteiger partial charge in [0, 0.05) is 5.92 Å². The predicted octanol–water partition coefficient (Wildman–Crippen LogP) is 1.62. The van der Waals surface area contributed by atoms with E-state index in [4.69, 9.17) is 0 Å². The average molecular weight is 118 g/mol. The average Bonchev–Trinajstić information content (AvgIpc) is 1.65. The first-order valence-corrected chi connectivity index (χ1v) is 2.66. The van der Waals surface area contributed by atoms with Crippen molar-refractivity contribution >= 4 is 35.2 Å². The fourth-order valence-electron chi connectivity index (χ4n) is 0.0321. The van der Waals surface area contributed by atoms with Crippen LogP contribution in [0.5, 0.6) is 0 Å². The molecule has 0 aromatic heterocycles. The van der Waals surface area contributed by atoms with E-state index in [1.165, 1.54) is 0 Å². The minimum Gasteiger partial charge on any atom is -0.0928 e. The van der Waals surface area contributed by atoms with Crippen LogP contribution in [0.3, 0.4) is 0 Å². The molecule has 0 amide bonds. The van der Waals surface area contributed by atoms with Crippen LogP contribution in [0.1, 0.15) is 6.92 Å². The maximum Gasteiger partial charge on any atom is 0.0128 e. The Hall–Kier alpha value is 0.180. The Bertz CT molecular complexity index is 50.6. The lowest BCUT2D eigenvalue weighted by molar-refractivity contribution is 1.16. The zero-order valence-corrected chi connectivity index (χ0v) is 5.18. The minimum atomic E-state index is 0.315. The van der Waals surface area contributed by atoms with Gasteiger partial charge in [0.2, 0.25) is 0 Å². The van der Waals surface area contributed by atoms with Crippen LogP contribution in [0.4, 0.5) is 0 Å². The molecule has 0 aliphatic heterocycles. The number of thiocarbonyl (C=S) groups is 2. The summed E-state index contributed by atoms with van der Waals surface area (Å²) in [7, 11) is 0. The van der Waals surface area contributed by atoms with Crippen LogP contribution in [-0.4, -0.2) is 10.7 Å². The molecule has 0 saturated carbocycles. The van der Waals surface area contributed by atoms with Gasteiger partial charge in [-0.05, 0) is 10.7 Å². The van der Waals surface area contributed by atoms with E-state index in [9.17, 15) is 0 Å². The molecule has 0 aliphatic rings. The Labute approximate surface area is 48.6 Å². The summed E-state index contributed by atoms with van der Waals surface area (Å²) in [6.45, 7) is 1.96. The monoisotopic (exact) mass is 118 g/mol. The van der Waals surface area contributed by atoms with Crippen LogP contribution in [0.2, 0.25) is 0 Å². The second-order valence-corrected chi connectivity index (χ2v) is 1.68. The number of rotatable bonds is 2. The molecule has 0 aliphatic carbocycles. The first-order valence-electron chi connectivity index (χ1n) is 1.72. The van der Waals surface area contributed by atoms with Crippen molar-refractivity contribution in [3.8, 4) is 0 Å². The highest BCUT2D eigenvalue weighted by Gasteiger charge is 1.82. The van der Waals surface area contributed by atoms with E-state index in [1.54, 1.807) is 10.7 Å². The van der Waals surface area contributed by atoms with Crippen molar-refractivity contribution in [2.45, 2.75) is 6.92 Å². The lowest BCUT2D eigenvalue weighted by atomic mass is 10.3. The molecule has 0 N–H and O–H groups in total. The molecule has 0 nitrogen and oxygen atoms in total. The molecule has 34 valence electrons. The second-order valence-electron chi connectivity index (χ2n) is 1.13.